The lowest BCUT2D eigenvalue weighted by molar-refractivity contribution is -0.131. The van der Waals surface area contributed by atoms with E-state index >= 15 is 0 Å². The van der Waals surface area contributed by atoms with Crippen LogP contribution in [0, 0.1) is 5.82 Å². The lowest BCUT2D eigenvalue weighted by Gasteiger charge is -2.23. The molecule has 0 bridgehead atoms. The van der Waals surface area contributed by atoms with Gasteiger partial charge in [-0.1, -0.05) is 12.5 Å². The lowest BCUT2D eigenvalue weighted by atomic mass is 10.1. The maximum atomic E-state index is 13.1. The zero-order valence-electron chi connectivity index (χ0n) is 15.2. The van der Waals surface area contributed by atoms with Crippen molar-refractivity contribution in [1.82, 2.24) is 4.90 Å². The van der Waals surface area contributed by atoms with Gasteiger partial charge in [0.25, 0.3) is 0 Å². The van der Waals surface area contributed by atoms with Gasteiger partial charge in [-0.05, 0) is 61.4 Å². The lowest BCUT2D eigenvalue weighted by Crippen LogP contribution is -2.35. The number of thiophene rings is 1. The van der Waals surface area contributed by atoms with Gasteiger partial charge in [-0.2, -0.15) is 0 Å². The second kappa shape index (κ2) is 9.72. The number of amides is 1. The number of nitrogens with zero attached hydrogens (tertiary/aromatic N) is 2. The molecule has 0 aliphatic carbocycles. The van der Waals surface area contributed by atoms with Gasteiger partial charge in [0.05, 0.1) is 0 Å². The Morgan fingerprint density at radius 1 is 1.00 bits per heavy atom. The number of hydrogen-bond acceptors (Lipinski definition) is 3. The summed E-state index contributed by atoms with van der Waals surface area (Å²) in [6, 6.07) is 10.9. The Kier molecular flexibility index (Phi) is 7.06. The summed E-state index contributed by atoms with van der Waals surface area (Å²) in [6.45, 7) is 3.31. The molecule has 26 heavy (non-hydrogen) atoms. The highest BCUT2D eigenvalue weighted by Gasteiger charge is 2.19. The van der Waals surface area contributed by atoms with Crippen LogP contribution in [0.25, 0.3) is 0 Å². The number of hydrogen-bond donors (Lipinski definition) is 0. The van der Waals surface area contributed by atoms with Gasteiger partial charge in [-0.15, -0.1) is 11.3 Å². The van der Waals surface area contributed by atoms with E-state index in [-0.39, 0.29) is 11.7 Å². The van der Waals surface area contributed by atoms with E-state index in [1.807, 2.05) is 28.4 Å². The van der Waals surface area contributed by atoms with E-state index in [1.165, 1.54) is 17.0 Å². The third-order valence-electron chi connectivity index (χ3n) is 4.93. The molecule has 1 aliphatic rings. The van der Waals surface area contributed by atoms with Crippen molar-refractivity contribution in [1.29, 1.82) is 0 Å². The number of benzene rings is 1. The van der Waals surface area contributed by atoms with Crippen LogP contribution in [-0.4, -0.2) is 37.0 Å². The van der Waals surface area contributed by atoms with Crippen molar-refractivity contribution in [3.8, 4) is 0 Å². The minimum atomic E-state index is -0.209. The molecule has 0 saturated carbocycles. The molecule has 1 aromatic carbocycles. The SMILES string of the molecule is O=C(CCCCCc1cccs1)N1CCCN(c2ccc(F)cc2)CC1. The molecule has 0 atom stereocenters. The first kappa shape index (κ1) is 18.9. The fourth-order valence-electron chi connectivity index (χ4n) is 3.44. The topological polar surface area (TPSA) is 23.6 Å². The maximum Gasteiger partial charge on any atom is 0.222 e. The van der Waals surface area contributed by atoms with Gasteiger partial charge >= 0.3 is 0 Å². The molecule has 3 nitrogen and oxygen atoms in total. The first-order valence-electron chi connectivity index (χ1n) is 9.53. The molecule has 0 unspecified atom stereocenters. The Morgan fingerprint density at radius 3 is 2.62 bits per heavy atom. The van der Waals surface area contributed by atoms with Crippen LogP contribution in [0.2, 0.25) is 0 Å². The Balaban J connectivity index is 1.37. The highest BCUT2D eigenvalue weighted by molar-refractivity contribution is 7.09. The van der Waals surface area contributed by atoms with Gasteiger partial charge < -0.3 is 9.80 Å². The monoisotopic (exact) mass is 374 g/mol. The van der Waals surface area contributed by atoms with Crippen LogP contribution < -0.4 is 4.90 Å². The number of halogens is 1. The van der Waals surface area contributed by atoms with Gasteiger partial charge in [-0.25, -0.2) is 4.39 Å². The summed E-state index contributed by atoms with van der Waals surface area (Å²) in [7, 11) is 0. The van der Waals surface area contributed by atoms with Crippen LogP contribution in [0.15, 0.2) is 41.8 Å². The number of carbonyl (C=O) groups is 1. The summed E-state index contributed by atoms with van der Waals surface area (Å²) in [5, 5.41) is 2.12. The molecule has 5 heteroatoms. The van der Waals surface area contributed by atoms with Gasteiger partial charge in [0.2, 0.25) is 5.91 Å². The quantitative estimate of drug-likeness (QED) is 0.654. The van der Waals surface area contributed by atoms with Crippen LogP contribution in [-0.2, 0) is 11.2 Å². The summed E-state index contributed by atoms with van der Waals surface area (Å²) >= 11 is 1.81. The summed E-state index contributed by atoms with van der Waals surface area (Å²) in [5.41, 5.74) is 1.04. The third kappa shape index (κ3) is 5.56. The zero-order valence-corrected chi connectivity index (χ0v) is 16.0. The van der Waals surface area contributed by atoms with E-state index in [4.69, 9.17) is 0 Å². The Morgan fingerprint density at radius 2 is 1.85 bits per heavy atom. The van der Waals surface area contributed by atoms with E-state index in [0.29, 0.717) is 6.42 Å². The van der Waals surface area contributed by atoms with Crippen LogP contribution in [0.4, 0.5) is 10.1 Å². The average Bonchev–Trinajstić information content (AvgIpc) is 3.04. The van der Waals surface area contributed by atoms with Crippen molar-refractivity contribution in [3.63, 3.8) is 0 Å². The molecule has 2 heterocycles. The zero-order chi connectivity index (χ0) is 18.2. The molecule has 1 aromatic heterocycles. The molecular formula is C21H27FN2OS. The van der Waals surface area contributed by atoms with Gasteiger partial charge in [0, 0.05) is 43.2 Å². The van der Waals surface area contributed by atoms with Crippen molar-refractivity contribution in [2.75, 3.05) is 31.1 Å². The van der Waals surface area contributed by atoms with Crippen LogP contribution in [0.5, 0.6) is 0 Å². The molecule has 0 radical (unpaired) electrons. The van der Waals surface area contributed by atoms with Crippen molar-refractivity contribution in [2.45, 2.75) is 38.5 Å². The van der Waals surface area contributed by atoms with Crippen LogP contribution >= 0.6 is 11.3 Å². The summed E-state index contributed by atoms with van der Waals surface area (Å²) in [5.74, 6) is 0.0709. The molecule has 1 saturated heterocycles. The second-order valence-corrected chi connectivity index (χ2v) is 7.87. The minimum Gasteiger partial charge on any atom is -0.370 e. The average molecular weight is 375 g/mol. The largest absolute Gasteiger partial charge is 0.370 e. The Bertz CT molecular complexity index is 672. The number of aryl methyl sites for hydroxylation is 1. The normalized spacial score (nSPS) is 15.1. The summed E-state index contributed by atoms with van der Waals surface area (Å²) < 4.78 is 13.1. The van der Waals surface area contributed by atoms with Crippen LogP contribution in [0.1, 0.15) is 37.0 Å². The smallest absolute Gasteiger partial charge is 0.222 e. The summed E-state index contributed by atoms with van der Waals surface area (Å²) in [6.07, 6.45) is 5.98. The number of rotatable bonds is 7. The van der Waals surface area contributed by atoms with Crippen molar-refractivity contribution >= 4 is 22.9 Å². The first-order chi connectivity index (χ1) is 12.7. The van der Waals surface area contributed by atoms with E-state index in [0.717, 1.165) is 64.0 Å². The van der Waals surface area contributed by atoms with Gasteiger partial charge in [0.1, 0.15) is 5.82 Å². The molecule has 2 aromatic rings. The highest BCUT2D eigenvalue weighted by atomic mass is 32.1. The molecular weight excluding hydrogens is 347 g/mol. The fraction of sp³-hybridized carbons (Fsp3) is 0.476. The predicted molar refractivity (Wildman–Crippen MR) is 106 cm³/mol. The van der Waals surface area contributed by atoms with Crippen molar-refractivity contribution in [2.24, 2.45) is 0 Å². The van der Waals surface area contributed by atoms with E-state index in [1.54, 1.807) is 0 Å². The maximum absolute atomic E-state index is 13.1. The van der Waals surface area contributed by atoms with Gasteiger partial charge in [-0.3, -0.25) is 4.79 Å². The molecule has 3 rings (SSSR count). The predicted octanol–water partition coefficient (Wildman–Crippen LogP) is 4.73. The van der Waals surface area contributed by atoms with E-state index in [9.17, 15) is 9.18 Å². The van der Waals surface area contributed by atoms with Crippen molar-refractivity contribution < 1.29 is 9.18 Å². The Labute approximate surface area is 159 Å². The van der Waals surface area contributed by atoms with Crippen molar-refractivity contribution in [3.05, 3.63) is 52.5 Å². The van der Waals surface area contributed by atoms with E-state index < -0.39 is 0 Å². The standard InChI is InChI=1S/C21H27FN2OS/c22-18-9-11-19(12-10-18)23-13-5-14-24(16-15-23)21(25)8-3-1-2-6-20-7-4-17-26-20/h4,7,9-12,17H,1-3,5-6,8,13-16H2. The first-order valence-corrected chi connectivity index (χ1v) is 10.4. The Hall–Kier alpha value is -1.88. The second-order valence-electron chi connectivity index (χ2n) is 6.84. The molecule has 140 valence electrons. The fourth-order valence-corrected chi connectivity index (χ4v) is 4.19. The highest BCUT2D eigenvalue weighted by Crippen LogP contribution is 2.18. The molecule has 1 amide bonds. The summed E-state index contributed by atoms with van der Waals surface area (Å²) in [4.78, 5) is 18.2. The molecule has 0 N–H and O–H groups in total. The number of anilines is 1. The third-order valence-corrected chi connectivity index (χ3v) is 5.87. The van der Waals surface area contributed by atoms with E-state index in [2.05, 4.69) is 22.4 Å². The number of unbranched alkanes of at least 4 members (excludes halogenated alkanes) is 2. The minimum absolute atomic E-state index is 0.209. The molecule has 1 aliphatic heterocycles. The molecule has 1 fully saturated rings. The molecule has 0 spiro atoms. The number of carbonyl (C=O) groups excluding carboxylic acids is 1. The van der Waals surface area contributed by atoms with Gasteiger partial charge in [0.15, 0.2) is 0 Å². The van der Waals surface area contributed by atoms with Crippen LogP contribution in [0.3, 0.4) is 0 Å².